The SMILES string of the molecule is NC(=O)C1CC2CCC=CC=C2S1. The summed E-state index contributed by atoms with van der Waals surface area (Å²) in [5.74, 6) is 0.417. The first-order valence-corrected chi connectivity index (χ1v) is 5.48. The molecule has 3 heteroatoms. The molecular formula is C10H13NOS. The largest absolute Gasteiger partial charge is 0.369 e. The Hall–Kier alpha value is -0.700. The number of fused-ring (bicyclic) bond motifs is 1. The van der Waals surface area contributed by atoms with Gasteiger partial charge in [0.05, 0.1) is 5.25 Å². The van der Waals surface area contributed by atoms with Crippen LogP contribution in [0.1, 0.15) is 19.3 Å². The van der Waals surface area contributed by atoms with E-state index in [0.29, 0.717) is 5.92 Å². The number of carbonyl (C=O) groups excluding carboxylic acids is 1. The topological polar surface area (TPSA) is 43.1 Å². The second-order valence-electron chi connectivity index (χ2n) is 3.52. The molecule has 2 nitrogen and oxygen atoms in total. The lowest BCUT2D eigenvalue weighted by molar-refractivity contribution is -0.117. The molecule has 13 heavy (non-hydrogen) atoms. The highest BCUT2D eigenvalue weighted by Crippen LogP contribution is 2.44. The Balaban J connectivity index is 2.13. The van der Waals surface area contributed by atoms with Crippen LogP contribution in [0.25, 0.3) is 0 Å². The fourth-order valence-corrected chi connectivity index (χ4v) is 3.19. The van der Waals surface area contributed by atoms with Gasteiger partial charge in [-0.3, -0.25) is 4.79 Å². The van der Waals surface area contributed by atoms with Crippen molar-refractivity contribution < 1.29 is 4.79 Å². The van der Waals surface area contributed by atoms with Crippen LogP contribution < -0.4 is 5.73 Å². The molecule has 0 saturated carbocycles. The molecule has 2 atom stereocenters. The van der Waals surface area contributed by atoms with E-state index in [-0.39, 0.29) is 11.2 Å². The van der Waals surface area contributed by atoms with E-state index in [1.54, 1.807) is 11.8 Å². The Labute approximate surface area is 82.3 Å². The first-order valence-electron chi connectivity index (χ1n) is 4.60. The van der Waals surface area contributed by atoms with Gasteiger partial charge in [0.25, 0.3) is 0 Å². The van der Waals surface area contributed by atoms with E-state index in [0.717, 1.165) is 12.8 Å². The summed E-state index contributed by atoms with van der Waals surface area (Å²) in [7, 11) is 0. The van der Waals surface area contributed by atoms with Crippen LogP contribution >= 0.6 is 11.8 Å². The summed E-state index contributed by atoms with van der Waals surface area (Å²) < 4.78 is 0. The smallest absolute Gasteiger partial charge is 0.230 e. The first kappa shape index (κ1) is 8.88. The van der Waals surface area contributed by atoms with Gasteiger partial charge in [0.15, 0.2) is 0 Å². The third-order valence-corrected chi connectivity index (χ3v) is 4.03. The molecule has 0 aromatic heterocycles. The quantitative estimate of drug-likeness (QED) is 0.693. The minimum atomic E-state index is -0.164. The van der Waals surface area contributed by atoms with E-state index in [4.69, 9.17) is 5.73 Å². The number of rotatable bonds is 1. The maximum absolute atomic E-state index is 11.0. The van der Waals surface area contributed by atoms with Crippen molar-refractivity contribution in [2.45, 2.75) is 24.5 Å². The highest BCUT2D eigenvalue weighted by atomic mass is 32.2. The molecule has 2 aliphatic rings. The zero-order valence-electron chi connectivity index (χ0n) is 7.40. The van der Waals surface area contributed by atoms with Gasteiger partial charge < -0.3 is 5.73 Å². The number of hydrogen-bond acceptors (Lipinski definition) is 2. The molecule has 2 N–H and O–H groups in total. The summed E-state index contributed by atoms with van der Waals surface area (Å²) in [5.41, 5.74) is 5.29. The Morgan fingerprint density at radius 1 is 1.62 bits per heavy atom. The highest BCUT2D eigenvalue weighted by Gasteiger charge is 2.32. The normalized spacial score (nSPS) is 32.2. The molecule has 0 aromatic carbocycles. The summed E-state index contributed by atoms with van der Waals surface area (Å²) >= 11 is 1.65. The van der Waals surface area contributed by atoms with Crippen molar-refractivity contribution in [3.63, 3.8) is 0 Å². The summed E-state index contributed by atoms with van der Waals surface area (Å²) in [6, 6.07) is 0. The predicted molar refractivity (Wildman–Crippen MR) is 55.1 cm³/mol. The third kappa shape index (κ3) is 1.80. The van der Waals surface area contributed by atoms with Gasteiger partial charge in [0.1, 0.15) is 0 Å². The average molecular weight is 195 g/mol. The molecule has 0 bridgehead atoms. The number of thioether (sulfide) groups is 1. The van der Waals surface area contributed by atoms with Gasteiger partial charge in [-0.15, -0.1) is 11.8 Å². The molecule has 1 amide bonds. The van der Waals surface area contributed by atoms with Crippen molar-refractivity contribution in [3.05, 3.63) is 23.1 Å². The molecule has 0 radical (unpaired) electrons. The van der Waals surface area contributed by atoms with Crippen molar-refractivity contribution in [1.29, 1.82) is 0 Å². The maximum Gasteiger partial charge on any atom is 0.230 e. The predicted octanol–water partition coefficient (Wildman–Crippen LogP) is 1.83. The number of allylic oxidation sites excluding steroid dienone is 4. The summed E-state index contributed by atoms with van der Waals surface area (Å²) in [4.78, 5) is 12.3. The average Bonchev–Trinajstić information content (AvgIpc) is 2.38. The minimum Gasteiger partial charge on any atom is -0.369 e. The van der Waals surface area contributed by atoms with Crippen LogP contribution in [0.15, 0.2) is 23.1 Å². The number of amides is 1. The standard InChI is InChI=1S/C10H13NOS/c11-10(12)9-6-7-4-2-1-3-5-8(7)13-9/h1,3,5,7,9H,2,4,6H2,(H2,11,12). The van der Waals surface area contributed by atoms with Crippen LogP contribution in [-0.4, -0.2) is 11.2 Å². The van der Waals surface area contributed by atoms with E-state index >= 15 is 0 Å². The fourth-order valence-electron chi connectivity index (χ4n) is 1.85. The molecule has 70 valence electrons. The van der Waals surface area contributed by atoms with Gasteiger partial charge in [0.2, 0.25) is 5.91 Å². The van der Waals surface area contributed by atoms with E-state index in [9.17, 15) is 4.79 Å². The zero-order valence-corrected chi connectivity index (χ0v) is 8.22. The van der Waals surface area contributed by atoms with Crippen LogP contribution in [0.3, 0.4) is 0 Å². The van der Waals surface area contributed by atoms with Crippen LogP contribution in [0.4, 0.5) is 0 Å². The lowest BCUT2D eigenvalue weighted by Gasteiger charge is -2.06. The molecule has 1 aliphatic carbocycles. The highest BCUT2D eigenvalue weighted by molar-refractivity contribution is 8.04. The van der Waals surface area contributed by atoms with Gasteiger partial charge in [-0.2, -0.15) is 0 Å². The van der Waals surface area contributed by atoms with Gasteiger partial charge >= 0.3 is 0 Å². The van der Waals surface area contributed by atoms with Crippen LogP contribution in [0.2, 0.25) is 0 Å². The second kappa shape index (κ2) is 3.58. The lowest BCUT2D eigenvalue weighted by atomic mass is 9.98. The number of nitrogens with two attached hydrogens (primary N) is 1. The van der Waals surface area contributed by atoms with Gasteiger partial charge in [-0.05, 0) is 30.1 Å². The summed E-state index contributed by atoms with van der Waals surface area (Å²) in [6.45, 7) is 0. The van der Waals surface area contributed by atoms with Gasteiger partial charge in [-0.25, -0.2) is 0 Å². The Morgan fingerprint density at radius 2 is 2.46 bits per heavy atom. The first-order chi connectivity index (χ1) is 6.27. The Bertz CT molecular complexity index is 283. The maximum atomic E-state index is 11.0. The molecule has 0 aromatic rings. The Kier molecular flexibility index (Phi) is 2.44. The molecule has 0 spiro atoms. The summed E-state index contributed by atoms with van der Waals surface area (Å²) in [5, 5.41) is 0.0164. The number of hydrogen-bond donors (Lipinski definition) is 1. The molecule has 2 unspecified atom stereocenters. The Morgan fingerprint density at radius 3 is 3.23 bits per heavy atom. The van der Waals surface area contributed by atoms with E-state index in [1.165, 1.54) is 11.3 Å². The fraction of sp³-hybridized carbons (Fsp3) is 0.500. The molecule has 1 heterocycles. The lowest BCUT2D eigenvalue weighted by Crippen LogP contribution is -2.23. The molecular weight excluding hydrogens is 182 g/mol. The van der Waals surface area contributed by atoms with Crippen LogP contribution in [0, 0.1) is 5.92 Å². The van der Waals surface area contributed by atoms with Crippen LogP contribution in [0.5, 0.6) is 0 Å². The number of carbonyl (C=O) groups is 1. The van der Waals surface area contributed by atoms with Crippen molar-refractivity contribution in [2.24, 2.45) is 11.7 Å². The van der Waals surface area contributed by atoms with E-state index < -0.39 is 0 Å². The summed E-state index contributed by atoms with van der Waals surface area (Å²) in [6.07, 6.45) is 9.63. The van der Waals surface area contributed by atoms with Crippen molar-refractivity contribution in [1.82, 2.24) is 0 Å². The minimum absolute atomic E-state index is 0.0164. The van der Waals surface area contributed by atoms with Crippen molar-refractivity contribution in [2.75, 3.05) is 0 Å². The van der Waals surface area contributed by atoms with E-state index in [2.05, 4.69) is 18.2 Å². The molecule has 1 fully saturated rings. The van der Waals surface area contributed by atoms with Crippen molar-refractivity contribution >= 4 is 17.7 Å². The molecule has 1 saturated heterocycles. The van der Waals surface area contributed by atoms with E-state index in [1.807, 2.05) is 0 Å². The van der Waals surface area contributed by atoms with Crippen LogP contribution in [-0.2, 0) is 4.79 Å². The molecule has 1 aliphatic heterocycles. The van der Waals surface area contributed by atoms with Gasteiger partial charge in [0, 0.05) is 0 Å². The number of primary amides is 1. The third-order valence-electron chi connectivity index (χ3n) is 2.58. The van der Waals surface area contributed by atoms with Gasteiger partial charge in [-0.1, -0.05) is 18.2 Å². The zero-order chi connectivity index (χ0) is 9.26. The van der Waals surface area contributed by atoms with Crippen molar-refractivity contribution in [3.8, 4) is 0 Å². The second-order valence-corrected chi connectivity index (χ2v) is 4.79. The monoisotopic (exact) mass is 195 g/mol. The molecule has 2 rings (SSSR count).